The van der Waals surface area contributed by atoms with Gasteiger partial charge in [0.25, 0.3) is 5.91 Å². The zero-order valence-electron chi connectivity index (χ0n) is 11.9. The number of halogens is 2. The van der Waals surface area contributed by atoms with Crippen LogP contribution in [0, 0.1) is 0 Å². The van der Waals surface area contributed by atoms with E-state index in [-0.39, 0.29) is 18.1 Å². The van der Waals surface area contributed by atoms with E-state index in [1.807, 2.05) is 20.8 Å². The predicted octanol–water partition coefficient (Wildman–Crippen LogP) is 2.79. The minimum absolute atomic E-state index is 0.101. The van der Waals surface area contributed by atoms with Gasteiger partial charge in [-0.25, -0.2) is 0 Å². The molecule has 0 aromatic heterocycles. The second kappa shape index (κ2) is 7.16. The average Bonchev–Trinajstić information content (AvgIpc) is 2.25. The second-order valence-corrected chi connectivity index (χ2v) is 6.35. The average molecular weight is 319 g/mol. The van der Waals surface area contributed by atoms with Crippen LogP contribution >= 0.6 is 23.2 Å². The Morgan fingerprint density at radius 3 is 2.55 bits per heavy atom. The molecule has 1 aromatic carbocycles. The summed E-state index contributed by atoms with van der Waals surface area (Å²) in [5.41, 5.74) is 6.05. The Labute approximate surface area is 129 Å². The predicted molar refractivity (Wildman–Crippen MR) is 82.6 cm³/mol. The maximum absolute atomic E-state index is 11.7. The van der Waals surface area contributed by atoms with Crippen molar-refractivity contribution in [3.05, 3.63) is 27.7 Å². The lowest BCUT2D eigenvalue weighted by Crippen LogP contribution is -2.43. The van der Waals surface area contributed by atoms with Crippen LogP contribution in [0.25, 0.3) is 0 Å². The summed E-state index contributed by atoms with van der Waals surface area (Å²) >= 11 is 12.1. The number of amides is 1. The van der Waals surface area contributed by atoms with E-state index in [1.54, 1.807) is 12.1 Å². The van der Waals surface area contributed by atoms with E-state index in [0.29, 0.717) is 28.8 Å². The van der Waals surface area contributed by atoms with E-state index in [0.717, 1.165) is 5.56 Å². The van der Waals surface area contributed by atoms with Gasteiger partial charge in [-0.05, 0) is 51.4 Å². The first-order valence-corrected chi connectivity index (χ1v) is 7.10. The number of rotatable bonds is 5. The van der Waals surface area contributed by atoms with Crippen molar-refractivity contribution in [1.82, 2.24) is 5.32 Å². The van der Waals surface area contributed by atoms with Gasteiger partial charge in [0, 0.05) is 10.6 Å². The molecule has 1 amide bonds. The van der Waals surface area contributed by atoms with Crippen molar-refractivity contribution in [3.8, 4) is 5.75 Å². The van der Waals surface area contributed by atoms with E-state index in [1.165, 1.54) is 0 Å². The SMILES string of the molecule is CC(C)(C)NC(=O)COc1c(Cl)cc(Cl)cc1CCN. The number of nitrogens with two attached hydrogens (primary N) is 1. The molecule has 0 spiro atoms. The Bertz CT molecular complexity index is 485. The van der Waals surface area contributed by atoms with E-state index >= 15 is 0 Å². The third-order valence-electron chi connectivity index (χ3n) is 2.36. The van der Waals surface area contributed by atoms with Crippen LogP contribution in [0.1, 0.15) is 26.3 Å². The summed E-state index contributed by atoms with van der Waals surface area (Å²) < 4.78 is 5.52. The monoisotopic (exact) mass is 318 g/mol. The summed E-state index contributed by atoms with van der Waals surface area (Å²) in [6, 6.07) is 3.33. The van der Waals surface area contributed by atoms with E-state index in [4.69, 9.17) is 33.7 Å². The van der Waals surface area contributed by atoms with Crippen molar-refractivity contribution in [3.63, 3.8) is 0 Å². The molecule has 0 radical (unpaired) electrons. The zero-order chi connectivity index (χ0) is 15.3. The van der Waals surface area contributed by atoms with Crippen LogP contribution in [0.4, 0.5) is 0 Å². The lowest BCUT2D eigenvalue weighted by atomic mass is 10.1. The number of hydrogen-bond acceptors (Lipinski definition) is 3. The summed E-state index contributed by atoms with van der Waals surface area (Å²) in [5.74, 6) is 0.257. The van der Waals surface area contributed by atoms with Crippen molar-refractivity contribution in [2.45, 2.75) is 32.7 Å². The zero-order valence-corrected chi connectivity index (χ0v) is 13.4. The lowest BCUT2D eigenvalue weighted by molar-refractivity contribution is -0.124. The van der Waals surface area contributed by atoms with Crippen molar-refractivity contribution < 1.29 is 9.53 Å². The van der Waals surface area contributed by atoms with Crippen molar-refractivity contribution in [1.29, 1.82) is 0 Å². The van der Waals surface area contributed by atoms with Crippen molar-refractivity contribution >= 4 is 29.1 Å². The number of hydrogen-bond donors (Lipinski definition) is 2. The highest BCUT2D eigenvalue weighted by molar-refractivity contribution is 6.35. The molecule has 3 N–H and O–H groups in total. The van der Waals surface area contributed by atoms with Gasteiger partial charge in [-0.2, -0.15) is 0 Å². The Morgan fingerprint density at radius 2 is 2.00 bits per heavy atom. The van der Waals surface area contributed by atoms with Crippen molar-refractivity contribution in [2.75, 3.05) is 13.2 Å². The van der Waals surface area contributed by atoms with Gasteiger partial charge >= 0.3 is 0 Å². The normalized spacial score (nSPS) is 11.3. The first-order valence-electron chi connectivity index (χ1n) is 6.34. The summed E-state index contributed by atoms with van der Waals surface area (Å²) in [6.07, 6.45) is 0.580. The molecule has 0 heterocycles. The Hall–Kier alpha value is -0.970. The fourth-order valence-corrected chi connectivity index (χ4v) is 2.30. The smallest absolute Gasteiger partial charge is 0.258 e. The van der Waals surface area contributed by atoms with Gasteiger partial charge in [0.1, 0.15) is 5.75 Å². The molecule has 112 valence electrons. The highest BCUT2D eigenvalue weighted by Gasteiger charge is 2.16. The van der Waals surface area contributed by atoms with Gasteiger partial charge in [-0.15, -0.1) is 0 Å². The summed E-state index contributed by atoms with van der Waals surface area (Å²) in [6.45, 7) is 6.05. The molecule has 6 heteroatoms. The summed E-state index contributed by atoms with van der Waals surface area (Å²) in [7, 11) is 0. The largest absolute Gasteiger partial charge is 0.482 e. The second-order valence-electron chi connectivity index (χ2n) is 5.50. The van der Waals surface area contributed by atoms with Crippen LogP contribution in [-0.4, -0.2) is 24.6 Å². The van der Waals surface area contributed by atoms with E-state index in [2.05, 4.69) is 5.32 Å². The number of carbonyl (C=O) groups excluding carboxylic acids is 1. The standard InChI is InChI=1S/C14H20Cl2N2O2/c1-14(2,3)18-12(19)8-20-13-9(4-5-17)6-10(15)7-11(13)16/h6-7H,4-5,8,17H2,1-3H3,(H,18,19). The van der Waals surface area contributed by atoms with Crippen LogP contribution in [-0.2, 0) is 11.2 Å². The van der Waals surface area contributed by atoms with Gasteiger partial charge in [0.2, 0.25) is 0 Å². The van der Waals surface area contributed by atoms with Crippen LogP contribution < -0.4 is 15.8 Å². The molecule has 0 aliphatic rings. The van der Waals surface area contributed by atoms with Gasteiger partial charge in [0.05, 0.1) is 5.02 Å². The third-order valence-corrected chi connectivity index (χ3v) is 2.86. The minimum atomic E-state index is -0.301. The minimum Gasteiger partial charge on any atom is -0.482 e. The molecule has 0 saturated carbocycles. The van der Waals surface area contributed by atoms with E-state index in [9.17, 15) is 4.79 Å². The quantitative estimate of drug-likeness (QED) is 0.877. The van der Waals surface area contributed by atoms with Gasteiger partial charge in [-0.3, -0.25) is 4.79 Å². The maximum atomic E-state index is 11.7. The first-order chi connectivity index (χ1) is 9.23. The van der Waals surface area contributed by atoms with Crippen LogP contribution in [0.15, 0.2) is 12.1 Å². The molecule has 0 aliphatic carbocycles. The lowest BCUT2D eigenvalue weighted by Gasteiger charge is -2.21. The molecule has 0 atom stereocenters. The summed E-state index contributed by atoms with van der Waals surface area (Å²) in [4.78, 5) is 11.7. The highest BCUT2D eigenvalue weighted by Crippen LogP contribution is 2.32. The van der Waals surface area contributed by atoms with Gasteiger partial charge < -0.3 is 15.8 Å². The van der Waals surface area contributed by atoms with Crippen LogP contribution in [0.3, 0.4) is 0 Å². The Morgan fingerprint density at radius 1 is 1.35 bits per heavy atom. The van der Waals surface area contributed by atoms with Gasteiger partial charge in [-0.1, -0.05) is 23.2 Å². The summed E-state index contributed by atoms with van der Waals surface area (Å²) in [5, 5.41) is 3.71. The number of nitrogens with one attached hydrogen (secondary N) is 1. The molecule has 0 fully saturated rings. The molecule has 20 heavy (non-hydrogen) atoms. The molecule has 1 aromatic rings. The Balaban J connectivity index is 2.79. The molecule has 4 nitrogen and oxygen atoms in total. The van der Waals surface area contributed by atoms with Gasteiger partial charge in [0.15, 0.2) is 6.61 Å². The molecule has 0 saturated heterocycles. The molecular formula is C14H20Cl2N2O2. The third kappa shape index (κ3) is 5.57. The fourth-order valence-electron chi connectivity index (χ4n) is 1.71. The van der Waals surface area contributed by atoms with Crippen molar-refractivity contribution in [2.24, 2.45) is 5.73 Å². The molecule has 0 aliphatic heterocycles. The molecule has 0 unspecified atom stereocenters. The maximum Gasteiger partial charge on any atom is 0.258 e. The van der Waals surface area contributed by atoms with Crippen LogP contribution in [0.5, 0.6) is 5.75 Å². The van der Waals surface area contributed by atoms with E-state index < -0.39 is 0 Å². The number of carbonyl (C=O) groups is 1. The topological polar surface area (TPSA) is 64.3 Å². The fraction of sp³-hybridized carbons (Fsp3) is 0.500. The highest BCUT2D eigenvalue weighted by atomic mass is 35.5. The number of ether oxygens (including phenoxy) is 1. The number of benzene rings is 1. The Kier molecular flexibility index (Phi) is 6.11. The molecule has 0 bridgehead atoms. The molecular weight excluding hydrogens is 299 g/mol. The first kappa shape index (κ1) is 17.1. The molecule has 1 rings (SSSR count). The van der Waals surface area contributed by atoms with Crippen LogP contribution in [0.2, 0.25) is 10.0 Å².